The molecule has 4 nitrogen and oxygen atoms in total. The lowest BCUT2D eigenvalue weighted by Crippen LogP contribution is -2.54. The molecule has 1 heterocycles. The fourth-order valence-electron chi connectivity index (χ4n) is 1.43. The van der Waals surface area contributed by atoms with Gasteiger partial charge in [0.15, 0.2) is 0 Å². The van der Waals surface area contributed by atoms with Crippen molar-refractivity contribution in [3.63, 3.8) is 0 Å². The Bertz CT molecular complexity index is 172. The van der Waals surface area contributed by atoms with E-state index in [0.717, 1.165) is 13.1 Å². The molecule has 70 valence electrons. The molecule has 0 amide bonds. The zero-order valence-electron chi connectivity index (χ0n) is 7.58. The number of carboxylic acid groups (broad SMARTS) is 1. The van der Waals surface area contributed by atoms with Crippen molar-refractivity contribution in [1.29, 1.82) is 0 Å². The SMILES string of the molecule is CC1CNC(CC(=O)O)CN1C. The summed E-state index contributed by atoms with van der Waals surface area (Å²) >= 11 is 0. The second kappa shape index (κ2) is 3.87. The Morgan fingerprint density at radius 1 is 1.75 bits per heavy atom. The molecule has 2 atom stereocenters. The first kappa shape index (κ1) is 9.48. The van der Waals surface area contributed by atoms with Crippen LogP contribution >= 0.6 is 0 Å². The van der Waals surface area contributed by atoms with Crippen LogP contribution in [0.3, 0.4) is 0 Å². The van der Waals surface area contributed by atoms with Crippen molar-refractivity contribution in [2.45, 2.75) is 25.4 Å². The fourth-order valence-corrected chi connectivity index (χ4v) is 1.43. The van der Waals surface area contributed by atoms with Crippen LogP contribution in [0.5, 0.6) is 0 Å². The van der Waals surface area contributed by atoms with Crippen molar-refractivity contribution in [3.05, 3.63) is 0 Å². The van der Waals surface area contributed by atoms with Crippen molar-refractivity contribution >= 4 is 5.97 Å². The highest BCUT2D eigenvalue weighted by Crippen LogP contribution is 2.05. The third-order valence-electron chi connectivity index (χ3n) is 2.38. The molecule has 0 spiro atoms. The monoisotopic (exact) mass is 172 g/mol. The third kappa shape index (κ3) is 2.46. The molecule has 2 N–H and O–H groups in total. The number of piperazine rings is 1. The maximum Gasteiger partial charge on any atom is 0.304 e. The summed E-state index contributed by atoms with van der Waals surface area (Å²) in [6.45, 7) is 3.84. The second-order valence-corrected chi connectivity index (χ2v) is 3.49. The van der Waals surface area contributed by atoms with Crippen molar-refractivity contribution in [2.75, 3.05) is 20.1 Å². The second-order valence-electron chi connectivity index (χ2n) is 3.49. The van der Waals surface area contributed by atoms with Crippen LogP contribution in [-0.2, 0) is 4.79 Å². The molecular weight excluding hydrogens is 156 g/mol. The van der Waals surface area contributed by atoms with E-state index in [2.05, 4.69) is 17.1 Å². The fraction of sp³-hybridized carbons (Fsp3) is 0.875. The molecule has 0 radical (unpaired) electrons. The Kier molecular flexibility index (Phi) is 3.05. The summed E-state index contributed by atoms with van der Waals surface area (Å²) in [6.07, 6.45) is 0.219. The van der Waals surface area contributed by atoms with Gasteiger partial charge >= 0.3 is 5.97 Å². The van der Waals surface area contributed by atoms with Gasteiger partial charge in [0.05, 0.1) is 6.42 Å². The number of carboxylic acids is 1. The lowest BCUT2D eigenvalue weighted by atomic mass is 10.1. The minimum atomic E-state index is -0.726. The van der Waals surface area contributed by atoms with Gasteiger partial charge < -0.3 is 15.3 Å². The molecule has 0 aromatic heterocycles. The number of aliphatic carboxylic acids is 1. The topological polar surface area (TPSA) is 52.6 Å². The van der Waals surface area contributed by atoms with E-state index in [1.807, 2.05) is 7.05 Å². The van der Waals surface area contributed by atoms with Crippen LogP contribution in [0.4, 0.5) is 0 Å². The Morgan fingerprint density at radius 3 is 2.92 bits per heavy atom. The van der Waals surface area contributed by atoms with E-state index in [1.165, 1.54) is 0 Å². The zero-order valence-corrected chi connectivity index (χ0v) is 7.58. The maximum atomic E-state index is 10.4. The zero-order chi connectivity index (χ0) is 9.14. The first-order valence-electron chi connectivity index (χ1n) is 4.25. The average Bonchev–Trinajstić information content (AvgIpc) is 1.96. The standard InChI is InChI=1S/C8H16N2O2/c1-6-4-9-7(3-8(11)12)5-10(6)2/h6-7,9H,3-5H2,1-2H3,(H,11,12). The largest absolute Gasteiger partial charge is 0.481 e. The highest BCUT2D eigenvalue weighted by Gasteiger charge is 2.23. The summed E-state index contributed by atoms with van der Waals surface area (Å²) in [5.74, 6) is -0.726. The summed E-state index contributed by atoms with van der Waals surface area (Å²) in [6, 6.07) is 0.624. The van der Waals surface area contributed by atoms with Gasteiger partial charge in [-0.05, 0) is 14.0 Å². The number of hydrogen-bond acceptors (Lipinski definition) is 3. The van der Waals surface area contributed by atoms with E-state index in [0.29, 0.717) is 6.04 Å². The van der Waals surface area contributed by atoms with Crippen molar-refractivity contribution in [1.82, 2.24) is 10.2 Å². The number of likely N-dealkylation sites (N-methyl/N-ethyl adjacent to an activating group) is 1. The van der Waals surface area contributed by atoms with Gasteiger partial charge in [-0.15, -0.1) is 0 Å². The summed E-state index contributed by atoms with van der Waals surface area (Å²) in [5.41, 5.74) is 0. The van der Waals surface area contributed by atoms with Gasteiger partial charge in [-0.2, -0.15) is 0 Å². The molecule has 4 heteroatoms. The molecule has 1 fully saturated rings. The van der Waals surface area contributed by atoms with Gasteiger partial charge in [0.25, 0.3) is 0 Å². The third-order valence-corrected chi connectivity index (χ3v) is 2.38. The van der Waals surface area contributed by atoms with E-state index in [4.69, 9.17) is 5.11 Å². The smallest absolute Gasteiger partial charge is 0.304 e. The molecule has 0 aliphatic carbocycles. The highest BCUT2D eigenvalue weighted by atomic mass is 16.4. The van der Waals surface area contributed by atoms with Crippen molar-refractivity contribution < 1.29 is 9.90 Å². The van der Waals surface area contributed by atoms with Crippen LogP contribution in [0, 0.1) is 0 Å². The molecule has 0 aromatic rings. The van der Waals surface area contributed by atoms with Crippen molar-refractivity contribution in [2.24, 2.45) is 0 Å². The van der Waals surface area contributed by atoms with Crippen LogP contribution in [0.2, 0.25) is 0 Å². The number of nitrogens with zero attached hydrogens (tertiary/aromatic N) is 1. The van der Waals surface area contributed by atoms with Crippen LogP contribution in [0.15, 0.2) is 0 Å². The quantitative estimate of drug-likeness (QED) is 0.603. The predicted molar refractivity (Wildman–Crippen MR) is 46.1 cm³/mol. The number of hydrogen-bond donors (Lipinski definition) is 2. The minimum Gasteiger partial charge on any atom is -0.481 e. The first-order chi connectivity index (χ1) is 5.59. The molecular formula is C8H16N2O2. The van der Waals surface area contributed by atoms with E-state index in [-0.39, 0.29) is 12.5 Å². The van der Waals surface area contributed by atoms with Crippen LogP contribution < -0.4 is 5.32 Å². The molecule has 1 rings (SSSR count). The van der Waals surface area contributed by atoms with Crippen LogP contribution in [0.1, 0.15) is 13.3 Å². The molecule has 0 saturated carbocycles. The van der Waals surface area contributed by atoms with Gasteiger partial charge in [0, 0.05) is 25.2 Å². The predicted octanol–water partition coefficient (Wildman–Crippen LogP) is -0.247. The molecule has 1 saturated heterocycles. The van der Waals surface area contributed by atoms with Gasteiger partial charge in [-0.3, -0.25) is 4.79 Å². The molecule has 1 aliphatic rings. The van der Waals surface area contributed by atoms with Gasteiger partial charge in [-0.25, -0.2) is 0 Å². The lowest BCUT2D eigenvalue weighted by molar-refractivity contribution is -0.137. The van der Waals surface area contributed by atoms with E-state index < -0.39 is 5.97 Å². The summed E-state index contributed by atoms with van der Waals surface area (Å²) < 4.78 is 0. The Balaban J connectivity index is 2.35. The highest BCUT2D eigenvalue weighted by molar-refractivity contribution is 5.67. The van der Waals surface area contributed by atoms with Crippen molar-refractivity contribution in [3.8, 4) is 0 Å². The lowest BCUT2D eigenvalue weighted by Gasteiger charge is -2.35. The Morgan fingerprint density at radius 2 is 2.42 bits per heavy atom. The molecule has 1 aliphatic heterocycles. The van der Waals surface area contributed by atoms with Gasteiger partial charge in [0.1, 0.15) is 0 Å². The summed E-state index contributed by atoms with van der Waals surface area (Å²) in [4.78, 5) is 12.6. The van der Waals surface area contributed by atoms with Crippen LogP contribution in [-0.4, -0.2) is 48.2 Å². The van der Waals surface area contributed by atoms with E-state index in [9.17, 15) is 4.79 Å². The molecule has 0 bridgehead atoms. The molecule has 0 aromatic carbocycles. The normalized spacial score (nSPS) is 31.8. The number of nitrogens with one attached hydrogen (secondary N) is 1. The molecule has 2 unspecified atom stereocenters. The number of rotatable bonds is 2. The van der Waals surface area contributed by atoms with Gasteiger partial charge in [-0.1, -0.05) is 0 Å². The Hall–Kier alpha value is -0.610. The van der Waals surface area contributed by atoms with E-state index >= 15 is 0 Å². The average molecular weight is 172 g/mol. The minimum absolute atomic E-state index is 0.115. The number of carbonyl (C=O) groups is 1. The van der Waals surface area contributed by atoms with Crippen LogP contribution in [0.25, 0.3) is 0 Å². The summed E-state index contributed by atoms with van der Waals surface area (Å²) in [5, 5.41) is 11.8. The first-order valence-corrected chi connectivity index (χ1v) is 4.25. The summed E-state index contributed by atoms with van der Waals surface area (Å²) in [7, 11) is 2.03. The van der Waals surface area contributed by atoms with E-state index in [1.54, 1.807) is 0 Å². The van der Waals surface area contributed by atoms with Gasteiger partial charge in [0.2, 0.25) is 0 Å². The maximum absolute atomic E-state index is 10.4. The molecule has 12 heavy (non-hydrogen) atoms. The Labute approximate surface area is 72.6 Å².